The number of aliphatic hydroxyl groups is 1. The molecule has 2 aromatic carbocycles. The smallest absolute Gasteiger partial charge is 0.295 e. The zero-order chi connectivity index (χ0) is 25.9. The summed E-state index contributed by atoms with van der Waals surface area (Å²) in [5.41, 5.74) is 2.24. The molecule has 0 aliphatic carbocycles. The van der Waals surface area contributed by atoms with Crippen LogP contribution in [0.3, 0.4) is 0 Å². The van der Waals surface area contributed by atoms with Crippen molar-refractivity contribution < 1.29 is 28.9 Å². The highest BCUT2D eigenvalue weighted by Crippen LogP contribution is 2.41. The van der Waals surface area contributed by atoms with Crippen LogP contribution in [0.2, 0.25) is 0 Å². The number of hydrogen-bond donors (Lipinski definition) is 1. The van der Waals surface area contributed by atoms with Gasteiger partial charge in [-0.2, -0.15) is 0 Å². The summed E-state index contributed by atoms with van der Waals surface area (Å²) in [6, 6.07) is 11.9. The van der Waals surface area contributed by atoms with Gasteiger partial charge in [-0.15, -0.1) is 0 Å². The molecule has 0 aromatic heterocycles. The van der Waals surface area contributed by atoms with Crippen LogP contribution in [0.4, 0.5) is 0 Å². The molecule has 3 aliphatic rings. The molecule has 0 radical (unpaired) electrons. The predicted molar refractivity (Wildman–Crippen MR) is 139 cm³/mol. The van der Waals surface area contributed by atoms with Crippen LogP contribution in [0.15, 0.2) is 60.7 Å². The number of hydrogen-bond acceptors (Lipinski definition) is 7. The number of benzene rings is 2. The molecular formula is C29H32N2O6. The minimum absolute atomic E-state index is 0.0523. The highest BCUT2D eigenvalue weighted by molar-refractivity contribution is 6.46. The Hall–Kier alpha value is -3.62. The molecule has 0 spiro atoms. The van der Waals surface area contributed by atoms with Crippen LogP contribution < -0.4 is 9.47 Å². The van der Waals surface area contributed by atoms with Gasteiger partial charge in [-0.1, -0.05) is 24.8 Å². The van der Waals surface area contributed by atoms with Gasteiger partial charge in [0.2, 0.25) is 0 Å². The van der Waals surface area contributed by atoms with Gasteiger partial charge in [-0.25, -0.2) is 0 Å². The number of likely N-dealkylation sites (tertiary alicyclic amines) is 1. The predicted octanol–water partition coefficient (Wildman–Crippen LogP) is 3.33. The maximum atomic E-state index is 13.4. The van der Waals surface area contributed by atoms with Gasteiger partial charge in [-0.3, -0.25) is 14.5 Å². The van der Waals surface area contributed by atoms with E-state index in [0.717, 1.165) is 30.8 Å². The highest BCUT2D eigenvalue weighted by atomic mass is 16.5. The zero-order valence-electron chi connectivity index (χ0n) is 21.0. The molecule has 2 fully saturated rings. The summed E-state index contributed by atoms with van der Waals surface area (Å²) in [4.78, 5) is 30.5. The third kappa shape index (κ3) is 5.12. The number of nitrogens with zero attached hydrogens (tertiary/aromatic N) is 2. The number of rotatable bonds is 8. The molecule has 0 saturated carbocycles. The summed E-state index contributed by atoms with van der Waals surface area (Å²) in [7, 11) is 0. The summed E-state index contributed by atoms with van der Waals surface area (Å²) in [5.74, 6) is -0.113. The fourth-order valence-corrected chi connectivity index (χ4v) is 5.19. The molecular weight excluding hydrogens is 472 g/mol. The van der Waals surface area contributed by atoms with E-state index in [1.165, 1.54) is 0 Å². The van der Waals surface area contributed by atoms with E-state index >= 15 is 0 Å². The van der Waals surface area contributed by atoms with E-state index < -0.39 is 17.7 Å². The molecule has 8 heteroatoms. The van der Waals surface area contributed by atoms with Crippen LogP contribution in [0.25, 0.3) is 5.76 Å². The fraction of sp³-hybridized carbons (Fsp3) is 0.379. The van der Waals surface area contributed by atoms with Gasteiger partial charge in [-0.05, 0) is 48.4 Å². The van der Waals surface area contributed by atoms with Crippen LogP contribution in [0, 0.1) is 0 Å². The maximum absolute atomic E-state index is 13.4. The second-order valence-electron chi connectivity index (χ2n) is 9.57. The lowest BCUT2D eigenvalue weighted by molar-refractivity contribution is -0.140. The van der Waals surface area contributed by atoms with Crippen LogP contribution in [0.5, 0.6) is 11.5 Å². The maximum Gasteiger partial charge on any atom is 0.295 e. The zero-order valence-corrected chi connectivity index (χ0v) is 21.0. The number of carbonyl (C=O) groups is 2. The molecule has 2 atom stereocenters. The highest BCUT2D eigenvalue weighted by Gasteiger charge is 2.46. The van der Waals surface area contributed by atoms with Crippen molar-refractivity contribution in [1.82, 2.24) is 9.80 Å². The van der Waals surface area contributed by atoms with Crippen LogP contribution in [-0.4, -0.2) is 78.7 Å². The average molecular weight is 505 g/mol. The van der Waals surface area contributed by atoms with E-state index in [2.05, 4.69) is 11.5 Å². The number of amides is 1. The fourth-order valence-electron chi connectivity index (χ4n) is 5.19. The summed E-state index contributed by atoms with van der Waals surface area (Å²) >= 11 is 0. The minimum Gasteiger partial charge on any atom is -0.507 e. The molecule has 37 heavy (non-hydrogen) atoms. The summed E-state index contributed by atoms with van der Waals surface area (Å²) in [6.45, 7) is 9.79. The molecule has 1 N–H and O–H groups in total. The Labute approximate surface area is 216 Å². The third-order valence-corrected chi connectivity index (χ3v) is 7.01. The lowest BCUT2D eigenvalue weighted by Crippen LogP contribution is -2.42. The van der Waals surface area contributed by atoms with Crippen LogP contribution in [0.1, 0.15) is 29.7 Å². The standard InChI is InChI=1S/C29H32N2O6/c1-3-13-36-23-6-4-5-20(18-23)26-25(27(32)21-7-8-24-22(17-21)16-19(2)37-24)28(33)29(34)31(26)10-9-30-11-14-35-15-12-30/h3-8,17-19,26,32H,1,9-16H2,2H3/t19-,26+/m1/s1. The van der Waals surface area contributed by atoms with E-state index in [9.17, 15) is 14.7 Å². The van der Waals surface area contributed by atoms with Gasteiger partial charge < -0.3 is 24.2 Å². The number of carbonyl (C=O) groups excluding carboxylic acids is 2. The topological polar surface area (TPSA) is 88.5 Å². The Morgan fingerprint density at radius 3 is 2.76 bits per heavy atom. The molecule has 3 aliphatic heterocycles. The Bertz CT molecular complexity index is 1230. The number of ketones is 1. The first-order valence-electron chi connectivity index (χ1n) is 12.7. The van der Waals surface area contributed by atoms with Crippen LogP contribution >= 0.6 is 0 Å². The van der Waals surface area contributed by atoms with Crippen molar-refractivity contribution in [2.75, 3.05) is 46.0 Å². The second-order valence-corrected chi connectivity index (χ2v) is 9.57. The van der Waals surface area contributed by atoms with E-state index in [0.29, 0.717) is 49.8 Å². The quantitative estimate of drug-likeness (QED) is 0.255. The summed E-state index contributed by atoms with van der Waals surface area (Å²) < 4.78 is 16.9. The first-order valence-corrected chi connectivity index (χ1v) is 12.7. The lowest BCUT2D eigenvalue weighted by atomic mass is 9.94. The summed E-state index contributed by atoms with van der Waals surface area (Å²) in [5, 5.41) is 11.5. The van der Waals surface area contributed by atoms with Crippen molar-refractivity contribution in [3.8, 4) is 11.5 Å². The second kappa shape index (κ2) is 10.8. The lowest BCUT2D eigenvalue weighted by Gasteiger charge is -2.31. The Morgan fingerprint density at radius 2 is 1.97 bits per heavy atom. The van der Waals surface area contributed by atoms with E-state index in [-0.39, 0.29) is 17.4 Å². The molecule has 0 unspecified atom stereocenters. The molecule has 0 bridgehead atoms. The number of fused-ring (bicyclic) bond motifs is 1. The van der Waals surface area contributed by atoms with Gasteiger partial charge in [0.05, 0.1) is 24.8 Å². The van der Waals surface area contributed by atoms with Gasteiger partial charge in [0.1, 0.15) is 30.0 Å². The van der Waals surface area contributed by atoms with E-state index in [4.69, 9.17) is 14.2 Å². The molecule has 3 heterocycles. The SMILES string of the molecule is C=CCOc1cccc([C@H]2C(=C(O)c3ccc4c(c3)C[C@@H](C)O4)C(=O)C(=O)N2CCN2CCOCC2)c1. The first-order chi connectivity index (χ1) is 18.0. The number of morpholine rings is 1. The molecule has 2 saturated heterocycles. The van der Waals surface area contributed by atoms with Crippen molar-refractivity contribution >= 4 is 17.4 Å². The van der Waals surface area contributed by atoms with E-state index in [1.54, 1.807) is 23.1 Å². The van der Waals surface area contributed by atoms with E-state index in [1.807, 2.05) is 37.3 Å². The monoisotopic (exact) mass is 504 g/mol. The first kappa shape index (κ1) is 25.0. The minimum atomic E-state index is -0.739. The normalized spacial score (nSPS) is 23.1. The molecule has 2 aromatic rings. The molecule has 8 nitrogen and oxygen atoms in total. The molecule has 194 valence electrons. The van der Waals surface area contributed by atoms with Crippen molar-refractivity contribution in [3.05, 3.63) is 77.4 Å². The van der Waals surface area contributed by atoms with Crippen molar-refractivity contribution in [2.45, 2.75) is 25.5 Å². The molecule has 1 amide bonds. The van der Waals surface area contributed by atoms with Gasteiger partial charge >= 0.3 is 0 Å². The average Bonchev–Trinajstić information content (AvgIpc) is 3.41. The van der Waals surface area contributed by atoms with Crippen molar-refractivity contribution in [2.24, 2.45) is 0 Å². The number of ether oxygens (including phenoxy) is 3. The van der Waals surface area contributed by atoms with Gasteiger partial charge in [0.15, 0.2) is 0 Å². The van der Waals surface area contributed by atoms with Gasteiger partial charge in [0.25, 0.3) is 11.7 Å². The Balaban J connectivity index is 1.54. The number of Topliss-reactive ketones (excluding diaryl/α,β-unsaturated/α-hetero) is 1. The Morgan fingerprint density at radius 1 is 1.16 bits per heavy atom. The largest absolute Gasteiger partial charge is 0.507 e. The number of aliphatic hydroxyl groups excluding tert-OH is 1. The molecule has 5 rings (SSSR count). The Kier molecular flexibility index (Phi) is 7.30. The summed E-state index contributed by atoms with van der Waals surface area (Å²) in [6.07, 6.45) is 2.42. The van der Waals surface area contributed by atoms with Crippen molar-refractivity contribution in [3.63, 3.8) is 0 Å². The van der Waals surface area contributed by atoms with Gasteiger partial charge in [0, 0.05) is 38.2 Å². The van der Waals surface area contributed by atoms with Crippen LogP contribution in [-0.2, 0) is 20.7 Å². The third-order valence-electron chi connectivity index (χ3n) is 7.01. The van der Waals surface area contributed by atoms with Crippen molar-refractivity contribution in [1.29, 1.82) is 0 Å².